The molecule has 7 rings (SSSR count). The predicted molar refractivity (Wildman–Crippen MR) is 211 cm³/mol. The zero-order valence-electron chi connectivity index (χ0n) is 30.1. The summed E-state index contributed by atoms with van der Waals surface area (Å²) in [5, 5.41) is 7.27. The van der Waals surface area contributed by atoms with Crippen molar-refractivity contribution < 1.29 is 4.74 Å². The highest BCUT2D eigenvalue weighted by molar-refractivity contribution is 7.98. The van der Waals surface area contributed by atoms with Crippen molar-refractivity contribution in [3.63, 3.8) is 0 Å². The summed E-state index contributed by atoms with van der Waals surface area (Å²) >= 11 is 1.72. The Hall–Kier alpha value is -4.81. The van der Waals surface area contributed by atoms with Gasteiger partial charge in [-0.3, -0.25) is 4.57 Å². The largest absolute Gasteiger partial charge is 0.457 e. The molecule has 0 unspecified atom stereocenters. The van der Waals surface area contributed by atoms with Gasteiger partial charge >= 0.3 is 0 Å². The number of thioether (sulfide) groups is 1. The topological polar surface area (TPSA) is 44.9 Å². The van der Waals surface area contributed by atoms with Crippen LogP contribution in [-0.4, -0.2) is 25.6 Å². The Labute approximate surface area is 300 Å². The molecule has 6 heteroatoms. The minimum absolute atomic E-state index is 0.762. The highest BCUT2D eigenvalue weighted by Gasteiger charge is 2.20. The summed E-state index contributed by atoms with van der Waals surface area (Å²) in [5.74, 6) is 2.43. The standard InChI is InChI=1S/C44H46N4OS/c1-7-9-16-37-30(4)29(3)31(5)38(17-10-8-2)44(37)32-27-46-47(28-32)33-14-13-15-34(24-33)49-35-20-21-40-39-18-11-12-19-41(39)48(42(40)25-35)43-26-36(50-6)22-23-45-43/h11-15,18-28H,7-10,16-17H2,1-6H3. The van der Waals surface area contributed by atoms with Crippen molar-refractivity contribution in [3.05, 3.63) is 125 Å². The summed E-state index contributed by atoms with van der Waals surface area (Å²) in [6.07, 6.45) is 15.1. The molecule has 0 fully saturated rings. The van der Waals surface area contributed by atoms with Crippen LogP contribution in [0.25, 0.3) is 44.4 Å². The summed E-state index contributed by atoms with van der Waals surface area (Å²) in [6, 6.07) is 27.2. The third-order valence-corrected chi connectivity index (χ3v) is 10.9. The molecule has 0 radical (unpaired) electrons. The Morgan fingerprint density at radius 2 is 1.44 bits per heavy atom. The summed E-state index contributed by atoms with van der Waals surface area (Å²) < 4.78 is 10.8. The molecule has 50 heavy (non-hydrogen) atoms. The van der Waals surface area contributed by atoms with Gasteiger partial charge in [0.05, 0.1) is 22.9 Å². The lowest BCUT2D eigenvalue weighted by Crippen LogP contribution is -2.06. The minimum atomic E-state index is 0.762. The van der Waals surface area contributed by atoms with E-state index in [1.54, 1.807) is 11.8 Å². The van der Waals surface area contributed by atoms with E-state index >= 15 is 0 Å². The predicted octanol–water partition coefficient (Wildman–Crippen LogP) is 12.2. The maximum absolute atomic E-state index is 6.56. The normalized spacial score (nSPS) is 11.6. The third kappa shape index (κ3) is 6.33. The molecule has 0 saturated heterocycles. The van der Waals surface area contributed by atoms with Gasteiger partial charge < -0.3 is 4.74 Å². The number of pyridine rings is 1. The summed E-state index contributed by atoms with van der Waals surface area (Å²) in [5.41, 5.74) is 13.0. The highest BCUT2D eigenvalue weighted by Crippen LogP contribution is 2.38. The molecule has 0 amide bonds. The molecule has 0 saturated carbocycles. The van der Waals surface area contributed by atoms with Crippen LogP contribution in [-0.2, 0) is 12.8 Å². The molecule has 0 bridgehead atoms. The molecular formula is C44H46N4OS. The van der Waals surface area contributed by atoms with Crippen LogP contribution in [0.3, 0.4) is 0 Å². The number of unbranched alkanes of at least 4 members (excludes halogenated alkanes) is 2. The number of ether oxygens (including phenoxy) is 1. The molecule has 0 aliphatic rings. The number of benzene rings is 4. The second-order valence-electron chi connectivity index (χ2n) is 13.3. The van der Waals surface area contributed by atoms with Gasteiger partial charge in [0.15, 0.2) is 0 Å². The molecule has 3 heterocycles. The lowest BCUT2D eigenvalue weighted by atomic mass is 9.82. The second-order valence-corrected chi connectivity index (χ2v) is 14.2. The zero-order chi connectivity index (χ0) is 34.8. The fourth-order valence-electron chi connectivity index (χ4n) is 7.30. The van der Waals surface area contributed by atoms with E-state index in [2.05, 4.69) is 118 Å². The van der Waals surface area contributed by atoms with Gasteiger partial charge in [0, 0.05) is 45.8 Å². The van der Waals surface area contributed by atoms with Crippen LogP contribution in [0.4, 0.5) is 0 Å². The fourth-order valence-corrected chi connectivity index (χ4v) is 7.72. The van der Waals surface area contributed by atoms with Crippen molar-refractivity contribution in [2.24, 2.45) is 0 Å². The second kappa shape index (κ2) is 14.6. The van der Waals surface area contributed by atoms with Crippen molar-refractivity contribution in [1.82, 2.24) is 19.3 Å². The lowest BCUT2D eigenvalue weighted by molar-refractivity contribution is 0.483. The van der Waals surface area contributed by atoms with Crippen LogP contribution in [0.5, 0.6) is 11.5 Å². The Bertz CT molecular complexity index is 2280. The Balaban J connectivity index is 1.25. The third-order valence-electron chi connectivity index (χ3n) is 10.2. The monoisotopic (exact) mass is 678 g/mol. The first-order chi connectivity index (χ1) is 24.4. The first kappa shape index (κ1) is 33.7. The maximum Gasteiger partial charge on any atom is 0.138 e. The maximum atomic E-state index is 6.56. The van der Waals surface area contributed by atoms with Crippen LogP contribution < -0.4 is 4.74 Å². The van der Waals surface area contributed by atoms with Gasteiger partial charge in [0.2, 0.25) is 0 Å². The van der Waals surface area contributed by atoms with E-state index in [-0.39, 0.29) is 0 Å². The van der Waals surface area contributed by atoms with Crippen molar-refractivity contribution in [3.8, 4) is 34.1 Å². The van der Waals surface area contributed by atoms with E-state index in [4.69, 9.17) is 14.8 Å². The van der Waals surface area contributed by atoms with E-state index in [0.717, 1.165) is 46.9 Å². The quantitative estimate of drug-likeness (QED) is 0.121. The number of hydrogen-bond donors (Lipinski definition) is 0. The van der Waals surface area contributed by atoms with Crippen LogP contribution in [0, 0.1) is 20.8 Å². The average molecular weight is 679 g/mol. The van der Waals surface area contributed by atoms with Crippen LogP contribution in [0.1, 0.15) is 67.3 Å². The van der Waals surface area contributed by atoms with Crippen LogP contribution >= 0.6 is 11.8 Å². The van der Waals surface area contributed by atoms with Crippen molar-refractivity contribution in [2.45, 2.75) is 78.0 Å². The summed E-state index contributed by atoms with van der Waals surface area (Å²) in [4.78, 5) is 5.94. The first-order valence-corrected chi connectivity index (χ1v) is 19.1. The molecule has 5 nitrogen and oxygen atoms in total. The van der Waals surface area contributed by atoms with E-state index in [1.165, 1.54) is 80.3 Å². The Morgan fingerprint density at radius 3 is 2.18 bits per heavy atom. The molecule has 0 N–H and O–H groups in total. The van der Waals surface area contributed by atoms with Gasteiger partial charge in [-0.25, -0.2) is 9.67 Å². The summed E-state index contributed by atoms with van der Waals surface area (Å²) in [6.45, 7) is 11.5. The summed E-state index contributed by atoms with van der Waals surface area (Å²) in [7, 11) is 0. The number of aromatic nitrogens is 4. The number of nitrogens with zero attached hydrogens (tertiary/aromatic N) is 4. The molecule has 7 aromatic rings. The van der Waals surface area contributed by atoms with Gasteiger partial charge in [-0.1, -0.05) is 51.0 Å². The van der Waals surface area contributed by atoms with Crippen LogP contribution in [0.2, 0.25) is 0 Å². The van der Waals surface area contributed by atoms with E-state index in [9.17, 15) is 0 Å². The van der Waals surface area contributed by atoms with E-state index in [0.29, 0.717) is 0 Å². The van der Waals surface area contributed by atoms with Crippen molar-refractivity contribution >= 4 is 33.6 Å². The molecule has 254 valence electrons. The number of para-hydroxylation sites is 1. The van der Waals surface area contributed by atoms with E-state index < -0.39 is 0 Å². The van der Waals surface area contributed by atoms with Gasteiger partial charge in [-0.2, -0.15) is 5.10 Å². The number of fused-ring (bicyclic) bond motifs is 3. The first-order valence-electron chi connectivity index (χ1n) is 17.9. The smallest absolute Gasteiger partial charge is 0.138 e. The molecule has 0 atom stereocenters. The van der Waals surface area contributed by atoms with Crippen molar-refractivity contribution in [1.29, 1.82) is 0 Å². The van der Waals surface area contributed by atoms with Crippen molar-refractivity contribution in [2.75, 3.05) is 6.26 Å². The highest BCUT2D eigenvalue weighted by atomic mass is 32.2. The van der Waals surface area contributed by atoms with Gasteiger partial charge in [0.25, 0.3) is 0 Å². The van der Waals surface area contributed by atoms with E-state index in [1.807, 2.05) is 29.1 Å². The Morgan fingerprint density at radius 1 is 0.720 bits per heavy atom. The molecule has 0 aliphatic heterocycles. The molecule has 0 spiro atoms. The average Bonchev–Trinajstić information content (AvgIpc) is 3.76. The molecule has 4 aromatic carbocycles. The fraction of sp³-hybridized carbons (Fsp3) is 0.273. The Kier molecular flexibility index (Phi) is 9.82. The molecular weight excluding hydrogens is 633 g/mol. The van der Waals surface area contributed by atoms with Gasteiger partial charge in [0.1, 0.15) is 17.3 Å². The van der Waals surface area contributed by atoms with Gasteiger partial charge in [-0.15, -0.1) is 11.8 Å². The number of rotatable bonds is 12. The SMILES string of the molecule is CCCCc1c(C)c(C)c(C)c(CCCC)c1-c1cnn(-c2cccc(Oc3ccc4c5ccccc5n(-c5cc(SC)ccn5)c4c3)c2)c1. The lowest BCUT2D eigenvalue weighted by Gasteiger charge is -2.22. The minimum Gasteiger partial charge on any atom is -0.457 e. The zero-order valence-corrected chi connectivity index (χ0v) is 30.9. The number of hydrogen-bond acceptors (Lipinski definition) is 4. The van der Waals surface area contributed by atoms with Crippen LogP contribution in [0.15, 0.2) is 102 Å². The molecule has 0 aliphatic carbocycles. The molecule has 3 aromatic heterocycles. The van der Waals surface area contributed by atoms with Gasteiger partial charge in [-0.05, 0) is 129 Å².